The molecule has 89 heavy (non-hydrogen) atoms. The third kappa shape index (κ3) is 19.6. The van der Waals surface area contributed by atoms with E-state index in [2.05, 4.69) is 90.4 Å². The van der Waals surface area contributed by atoms with Gasteiger partial charge in [0.1, 0.15) is 12.1 Å². The molecule has 6 N–H and O–H groups in total. The molecule has 18 nitrogen and oxygen atoms in total. The Morgan fingerprint density at radius 2 is 1.44 bits per heavy atom. The van der Waals surface area contributed by atoms with E-state index < -0.39 is 23.6 Å². The molecule has 0 radical (unpaired) electrons. The number of hydrogen-bond acceptors (Lipinski definition) is 13. The Morgan fingerprint density at radius 3 is 2.09 bits per heavy atom. The standard InChI is InChI=1S/C70H102N10O8S/c1-9-79(56-28-36-88-37-29-56)60-40-55(39-58(49(60)4)66(84)73-43-59-47(2)38-48(3)75-67(59)85)53-23-21-52(22-24-53)44-78-34-32-77(33-35-78)31-27-62(82)71-30-17-15-13-11-10-12-14-16-18-63(83)76-65(70(6,7)8)69(87)80-45-57(81)41-61(80)68(86)72-42-51-19-25-54(26-20-51)64-50(5)74-46-89-64/h19-26,39-40,46-48,56-57,59,61,65,81H,9-18,27-38,41-45H2,1-8H3,(H,71,82)(H,72,86)(H,73,84)(H,75,85)(H,76,83)/t47?,48?,57-,59?,61+,65-/m1/s1. The summed E-state index contributed by atoms with van der Waals surface area (Å²) in [5, 5.41) is 25.9. The molecule has 0 spiro atoms. The number of anilines is 1. The molecule has 3 unspecified atom stereocenters. The zero-order valence-corrected chi connectivity index (χ0v) is 55.2. The number of aryl methyl sites for hydroxylation is 1. The van der Waals surface area contributed by atoms with E-state index in [1.165, 1.54) is 10.5 Å². The van der Waals surface area contributed by atoms with Crippen molar-refractivity contribution >= 4 is 52.5 Å². The van der Waals surface area contributed by atoms with Gasteiger partial charge in [-0.3, -0.25) is 33.7 Å². The fourth-order valence-corrected chi connectivity index (χ4v) is 14.1. The summed E-state index contributed by atoms with van der Waals surface area (Å²) in [4.78, 5) is 94.8. The summed E-state index contributed by atoms with van der Waals surface area (Å²) in [5.41, 5.74) is 10.1. The second-order valence-electron chi connectivity index (χ2n) is 26.7. The fraction of sp³-hybridized carbons (Fsp3) is 0.614. The number of likely N-dealkylation sites (tertiary alicyclic amines) is 1. The molecule has 0 bridgehead atoms. The molecule has 486 valence electrons. The first-order valence-corrected chi connectivity index (χ1v) is 34.1. The van der Waals surface area contributed by atoms with Crippen LogP contribution in [0.5, 0.6) is 0 Å². The Hall–Kier alpha value is -6.25. The summed E-state index contributed by atoms with van der Waals surface area (Å²) in [6.07, 6.45) is 10.8. The number of thiazole rings is 1. The summed E-state index contributed by atoms with van der Waals surface area (Å²) in [6, 6.07) is 19.7. The monoisotopic (exact) mass is 1240 g/mol. The van der Waals surface area contributed by atoms with Gasteiger partial charge in [0.15, 0.2) is 0 Å². The quantitative estimate of drug-likeness (QED) is 0.0281. The molecule has 1 aromatic heterocycles. The predicted octanol–water partition coefficient (Wildman–Crippen LogP) is 8.93. The number of carbonyl (C=O) groups excluding carboxylic acids is 6. The van der Waals surface area contributed by atoms with E-state index in [9.17, 15) is 33.9 Å². The normalized spacial score (nSPS) is 20.6. The van der Waals surface area contributed by atoms with Gasteiger partial charge in [-0.15, -0.1) is 11.3 Å². The van der Waals surface area contributed by atoms with Crippen molar-refractivity contribution in [1.82, 2.24) is 46.3 Å². The molecule has 0 aliphatic carbocycles. The highest BCUT2D eigenvalue weighted by Crippen LogP contribution is 2.35. The van der Waals surface area contributed by atoms with Crippen LogP contribution in [-0.2, 0) is 41.8 Å². The van der Waals surface area contributed by atoms with Crippen LogP contribution in [0, 0.1) is 31.1 Å². The van der Waals surface area contributed by atoms with Crippen molar-refractivity contribution in [2.75, 3.05) is 77.0 Å². The number of benzene rings is 3. The Bertz CT molecular complexity index is 2970. The van der Waals surface area contributed by atoms with E-state index in [1.54, 1.807) is 11.3 Å². The van der Waals surface area contributed by atoms with Gasteiger partial charge in [0.25, 0.3) is 5.91 Å². The number of unbranched alkanes of at least 4 members (excludes halogenated alkanes) is 7. The van der Waals surface area contributed by atoms with E-state index >= 15 is 0 Å². The third-order valence-electron chi connectivity index (χ3n) is 18.7. The van der Waals surface area contributed by atoms with Crippen molar-refractivity contribution in [3.63, 3.8) is 0 Å². The number of piperidine rings is 1. The number of hydrogen-bond donors (Lipinski definition) is 6. The third-order valence-corrected chi connectivity index (χ3v) is 19.7. The van der Waals surface area contributed by atoms with Gasteiger partial charge in [0.2, 0.25) is 29.5 Å². The van der Waals surface area contributed by atoms with Crippen LogP contribution in [0.3, 0.4) is 0 Å². The van der Waals surface area contributed by atoms with Crippen LogP contribution in [0.4, 0.5) is 5.69 Å². The van der Waals surface area contributed by atoms with Crippen molar-refractivity contribution in [2.45, 2.75) is 189 Å². The Kier molecular flexibility index (Phi) is 25.6. The van der Waals surface area contributed by atoms with E-state index in [0.717, 1.165) is 174 Å². The molecule has 4 fully saturated rings. The number of ether oxygens (including phenoxy) is 1. The Balaban J connectivity index is 0.678. The molecule has 8 rings (SSSR count). The minimum absolute atomic E-state index is 0.00587. The second-order valence-corrected chi connectivity index (χ2v) is 27.5. The van der Waals surface area contributed by atoms with Crippen molar-refractivity contribution in [1.29, 1.82) is 0 Å². The van der Waals surface area contributed by atoms with Crippen LogP contribution in [0.15, 0.2) is 66.2 Å². The van der Waals surface area contributed by atoms with Gasteiger partial charge in [-0.1, -0.05) is 115 Å². The number of nitrogens with one attached hydrogen (secondary N) is 5. The van der Waals surface area contributed by atoms with Crippen LogP contribution < -0.4 is 31.5 Å². The number of aliphatic hydroxyl groups is 1. The number of aliphatic hydroxyl groups excluding tert-OH is 1. The number of β-amino-alcohol motifs (C(OH)–C–C–N with tert-alkyl or cyclic N) is 1. The van der Waals surface area contributed by atoms with Crippen molar-refractivity contribution in [3.8, 4) is 21.6 Å². The van der Waals surface area contributed by atoms with Crippen LogP contribution in [0.1, 0.15) is 164 Å². The zero-order valence-electron chi connectivity index (χ0n) is 54.4. The minimum Gasteiger partial charge on any atom is -0.391 e. The zero-order chi connectivity index (χ0) is 63.6. The maximum absolute atomic E-state index is 14.1. The molecule has 6 atom stereocenters. The molecule has 5 heterocycles. The van der Waals surface area contributed by atoms with Gasteiger partial charge >= 0.3 is 0 Å². The molecular weight excluding hydrogens is 1140 g/mol. The first-order chi connectivity index (χ1) is 42.8. The number of rotatable bonds is 29. The highest BCUT2D eigenvalue weighted by molar-refractivity contribution is 7.13. The van der Waals surface area contributed by atoms with Crippen LogP contribution in [0.2, 0.25) is 0 Å². The minimum atomic E-state index is -0.851. The summed E-state index contributed by atoms with van der Waals surface area (Å²) in [6.45, 7) is 24.9. The lowest BCUT2D eigenvalue weighted by molar-refractivity contribution is -0.144. The summed E-state index contributed by atoms with van der Waals surface area (Å²) >= 11 is 1.58. The smallest absolute Gasteiger partial charge is 0.251 e. The first kappa shape index (κ1) is 68.7. The average molecular weight is 1240 g/mol. The van der Waals surface area contributed by atoms with Gasteiger partial charge in [-0.2, -0.15) is 0 Å². The van der Waals surface area contributed by atoms with Crippen molar-refractivity contribution in [2.24, 2.45) is 17.3 Å². The highest BCUT2D eigenvalue weighted by Gasteiger charge is 2.44. The number of aromatic nitrogens is 1. The second kappa shape index (κ2) is 33.2. The van der Waals surface area contributed by atoms with Crippen molar-refractivity contribution < 1.29 is 38.6 Å². The molecule has 3 aromatic carbocycles. The largest absolute Gasteiger partial charge is 0.391 e. The van der Waals surface area contributed by atoms with Gasteiger partial charge < -0.3 is 51.1 Å². The van der Waals surface area contributed by atoms with Gasteiger partial charge in [-0.25, -0.2) is 4.98 Å². The molecule has 4 aromatic rings. The summed E-state index contributed by atoms with van der Waals surface area (Å²) < 4.78 is 5.73. The predicted molar refractivity (Wildman–Crippen MR) is 353 cm³/mol. The van der Waals surface area contributed by atoms with E-state index in [4.69, 9.17) is 4.74 Å². The number of carbonyl (C=O) groups is 6. The van der Waals surface area contributed by atoms with Crippen LogP contribution in [0.25, 0.3) is 21.6 Å². The molecular formula is C70H102N10O8S. The molecule has 4 aliphatic rings. The maximum atomic E-state index is 14.1. The van der Waals surface area contributed by atoms with Gasteiger partial charge in [0.05, 0.1) is 28.1 Å². The molecule has 4 saturated heterocycles. The van der Waals surface area contributed by atoms with E-state index in [-0.39, 0.29) is 72.8 Å². The number of piperazine rings is 1. The lowest BCUT2D eigenvalue weighted by Crippen LogP contribution is -2.57. The maximum Gasteiger partial charge on any atom is 0.251 e. The van der Waals surface area contributed by atoms with Crippen LogP contribution >= 0.6 is 11.3 Å². The first-order valence-electron chi connectivity index (χ1n) is 33.2. The SMILES string of the molecule is CCN(c1cc(-c2ccc(CN3CCN(CCC(=O)NCCCCCCCCCCC(=O)N[C@H](C(=O)N4C[C@H](O)C[C@H]4C(=O)NCc4ccc(-c5scnc5C)cc4)C(C)(C)C)CC3)cc2)cc(C(=O)NCC2C(=O)NC(C)CC2C)c1C)C1CCOCC1. The molecule has 19 heteroatoms. The van der Waals surface area contributed by atoms with Gasteiger partial charge in [0, 0.05) is 128 Å². The lowest BCUT2D eigenvalue weighted by Gasteiger charge is -2.37. The topological polar surface area (TPSA) is 218 Å². The van der Waals surface area contributed by atoms with Crippen molar-refractivity contribution in [3.05, 3.63) is 94.1 Å². The summed E-state index contributed by atoms with van der Waals surface area (Å²) in [7, 11) is 0. The average Bonchev–Trinajstić information content (AvgIpc) is 2.72. The number of amides is 6. The Morgan fingerprint density at radius 1 is 0.787 bits per heavy atom. The van der Waals surface area contributed by atoms with E-state index in [1.807, 2.05) is 77.4 Å². The van der Waals surface area contributed by atoms with Gasteiger partial charge in [-0.05, 0) is 117 Å². The molecule has 0 saturated carbocycles. The molecule has 6 amide bonds. The highest BCUT2D eigenvalue weighted by atomic mass is 32.1. The Labute approximate surface area is 533 Å². The lowest BCUT2D eigenvalue weighted by atomic mass is 9.84. The molecule has 4 aliphatic heterocycles. The fourth-order valence-electron chi connectivity index (χ4n) is 13.3. The summed E-state index contributed by atoms with van der Waals surface area (Å²) in [5.74, 6) is -1.01. The van der Waals surface area contributed by atoms with E-state index in [0.29, 0.717) is 37.5 Å². The number of nitrogens with zero attached hydrogens (tertiary/aromatic N) is 5. The van der Waals surface area contributed by atoms with Crippen LogP contribution in [-0.4, -0.2) is 163 Å².